The lowest BCUT2D eigenvalue weighted by molar-refractivity contribution is 0.0906. The summed E-state index contributed by atoms with van der Waals surface area (Å²) in [5.41, 5.74) is 3.42. The lowest BCUT2D eigenvalue weighted by Crippen LogP contribution is -2.38. The maximum atomic E-state index is 13.2. The minimum Gasteiger partial charge on any atom is -0.349 e. The molecule has 2 aromatic carbocycles. The third kappa shape index (κ3) is 4.13. The van der Waals surface area contributed by atoms with Gasteiger partial charge in [-0.2, -0.15) is 10.2 Å². The Morgan fingerprint density at radius 1 is 1.15 bits per heavy atom. The van der Waals surface area contributed by atoms with Gasteiger partial charge in [-0.05, 0) is 30.2 Å². The molecule has 0 saturated heterocycles. The maximum Gasteiger partial charge on any atom is 0.271 e. The molecule has 0 aliphatic carbocycles. The largest absolute Gasteiger partial charge is 0.349 e. The predicted octanol–water partition coefficient (Wildman–Crippen LogP) is 1.71. The molecule has 1 unspecified atom stereocenters. The van der Waals surface area contributed by atoms with Crippen LogP contribution in [0, 0.1) is 6.92 Å². The quantitative estimate of drug-likeness (QED) is 0.350. The summed E-state index contributed by atoms with van der Waals surface area (Å²) in [6.45, 7) is 3.04. The highest BCUT2D eigenvalue weighted by atomic mass is 16.2. The van der Waals surface area contributed by atoms with Gasteiger partial charge in [0.2, 0.25) is 0 Å². The van der Waals surface area contributed by atoms with E-state index in [4.69, 9.17) is 0 Å². The van der Waals surface area contributed by atoms with E-state index < -0.39 is 11.9 Å². The van der Waals surface area contributed by atoms with Crippen LogP contribution >= 0.6 is 0 Å². The Morgan fingerprint density at radius 3 is 2.76 bits per heavy atom. The summed E-state index contributed by atoms with van der Waals surface area (Å²) >= 11 is 0. The maximum absolute atomic E-state index is 13.2. The van der Waals surface area contributed by atoms with Crippen LogP contribution in [0.1, 0.15) is 48.5 Å². The number of aromatic amines is 1. The highest BCUT2D eigenvalue weighted by Crippen LogP contribution is 2.20. The molecule has 2 aromatic heterocycles. The molecule has 1 aliphatic rings. The van der Waals surface area contributed by atoms with E-state index in [1.165, 1.54) is 10.7 Å². The van der Waals surface area contributed by atoms with Crippen molar-refractivity contribution in [2.24, 2.45) is 0 Å². The van der Waals surface area contributed by atoms with E-state index in [1.807, 2.05) is 43.3 Å². The van der Waals surface area contributed by atoms with Gasteiger partial charge >= 0.3 is 0 Å². The molecule has 34 heavy (non-hydrogen) atoms. The fraction of sp³-hybridized carbons (Fsp3) is 0.208. The number of H-pyrrole nitrogens is 1. The number of benzene rings is 2. The molecule has 0 fully saturated rings. The van der Waals surface area contributed by atoms with Gasteiger partial charge in [-0.15, -0.1) is 0 Å². The van der Waals surface area contributed by atoms with Crippen LogP contribution in [0.4, 0.5) is 0 Å². The third-order valence-electron chi connectivity index (χ3n) is 5.77. The van der Waals surface area contributed by atoms with Crippen LogP contribution in [0.3, 0.4) is 0 Å². The topological polar surface area (TPSA) is 134 Å². The summed E-state index contributed by atoms with van der Waals surface area (Å²) in [5, 5.41) is 20.6. The minimum absolute atomic E-state index is 0.140. The SMILES string of the molecule is Cc1cc(C(=O)NC(CNC(=O)c2cc3n(n2)CCNC3=O)c2ccccc2)c2[nH]ncc2c1. The highest BCUT2D eigenvalue weighted by molar-refractivity contribution is 6.06. The second-order valence-electron chi connectivity index (χ2n) is 8.19. The van der Waals surface area contributed by atoms with Gasteiger partial charge in [-0.1, -0.05) is 30.3 Å². The number of rotatable bonds is 6. The normalized spacial score (nSPS) is 13.7. The number of aryl methyl sites for hydroxylation is 1. The number of nitrogens with zero attached hydrogens (tertiary/aromatic N) is 3. The zero-order valence-corrected chi connectivity index (χ0v) is 18.5. The first kappa shape index (κ1) is 21.4. The second-order valence-corrected chi connectivity index (χ2v) is 8.19. The van der Waals surface area contributed by atoms with Gasteiger partial charge in [0.25, 0.3) is 17.7 Å². The standard InChI is InChI=1S/C24H23N7O3/c1-14-9-16-12-27-29-21(16)17(10-14)22(32)28-19(15-5-3-2-4-6-15)13-26-23(33)18-11-20-24(34)25-7-8-31(20)30-18/h2-6,9-12,19H,7-8,13H2,1H3,(H,25,34)(H,26,33)(H,27,29)(H,28,32). The Hall–Kier alpha value is -4.47. The van der Waals surface area contributed by atoms with Gasteiger partial charge in [0.05, 0.1) is 29.9 Å². The number of carbonyl (C=O) groups is 3. The van der Waals surface area contributed by atoms with Crippen LogP contribution < -0.4 is 16.0 Å². The van der Waals surface area contributed by atoms with Crippen LogP contribution in [0.2, 0.25) is 0 Å². The number of aromatic nitrogens is 4. The van der Waals surface area contributed by atoms with E-state index >= 15 is 0 Å². The molecule has 0 radical (unpaired) electrons. The van der Waals surface area contributed by atoms with Crippen molar-refractivity contribution >= 4 is 28.6 Å². The lowest BCUT2D eigenvalue weighted by atomic mass is 10.0. The second kappa shape index (κ2) is 8.81. The van der Waals surface area contributed by atoms with Gasteiger partial charge in [-0.25, -0.2) is 0 Å². The van der Waals surface area contributed by atoms with Crippen LogP contribution in [0.15, 0.2) is 54.7 Å². The van der Waals surface area contributed by atoms with Gasteiger partial charge in [-0.3, -0.25) is 24.2 Å². The summed E-state index contributed by atoms with van der Waals surface area (Å²) in [5.74, 6) is -0.956. The van der Waals surface area contributed by atoms with Gasteiger partial charge in [0.15, 0.2) is 5.69 Å². The van der Waals surface area contributed by atoms with Crippen molar-refractivity contribution < 1.29 is 14.4 Å². The molecule has 5 rings (SSSR count). The fourth-order valence-electron chi connectivity index (χ4n) is 4.09. The van der Waals surface area contributed by atoms with Crippen molar-refractivity contribution in [2.75, 3.05) is 13.1 Å². The van der Waals surface area contributed by atoms with Crippen molar-refractivity contribution in [1.82, 2.24) is 35.9 Å². The van der Waals surface area contributed by atoms with Crippen molar-refractivity contribution in [3.05, 3.63) is 82.8 Å². The molecule has 0 spiro atoms. The molecule has 4 aromatic rings. The number of nitrogens with one attached hydrogen (secondary N) is 4. The molecular weight excluding hydrogens is 434 g/mol. The number of amides is 3. The molecule has 10 nitrogen and oxygen atoms in total. The Kier molecular flexibility index (Phi) is 5.54. The molecule has 0 bridgehead atoms. The molecule has 3 amide bonds. The van der Waals surface area contributed by atoms with E-state index in [0.717, 1.165) is 16.5 Å². The number of fused-ring (bicyclic) bond motifs is 2. The van der Waals surface area contributed by atoms with E-state index in [0.29, 0.717) is 29.9 Å². The van der Waals surface area contributed by atoms with E-state index in [1.54, 1.807) is 12.3 Å². The van der Waals surface area contributed by atoms with E-state index in [9.17, 15) is 14.4 Å². The third-order valence-corrected chi connectivity index (χ3v) is 5.77. The molecule has 10 heteroatoms. The summed E-state index contributed by atoms with van der Waals surface area (Å²) < 4.78 is 1.53. The summed E-state index contributed by atoms with van der Waals surface area (Å²) in [6, 6.07) is 14.1. The number of carbonyl (C=O) groups excluding carboxylic acids is 3. The first-order chi connectivity index (χ1) is 16.5. The summed E-state index contributed by atoms with van der Waals surface area (Å²) in [4.78, 5) is 38.0. The van der Waals surface area contributed by atoms with Crippen LogP contribution in [0.25, 0.3) is 10.9 Å². The Balaban J connectivity index is 1.36. The Labute approximate surface area is 194 Å². The lowest BCUT2D eigenvalue weighted by Gasteiger charge is -2.20. The molecular formula is C24H23N7O3. The van der Waals surface area contributed by atoms with Crippen molar-refractivity contribution in [1.29, 1.82) is 0 Å². The first-order valence-electron chi connectivity index (χ1n) is 10.9. The van der Waals surface area contributed by atoms with Crippen molar-refractivity contribution in [2.45, 2.75) is 19.5 Å². The summed E-state index contributed by atoms with van der Waals surface area (Å²) in [6.07, 6.45) is 1.68. The monoisotopic (exact) mass is 457 g/mol. The molecule has 3 heterocycles. The average Bonchev–Trinajstić information content (AvgIpc) is 3.49. The fourth-order valence-corrected chi connectivity index (χ4v) is 4.09. The smallest absolute Gasteiger partial charge is 0.271 e. The average molecular weight is 457 g/mol. The molecule has 4 N–H and O–H groups in total. The molecule has 172 valence electrons. The first-order valence-corrected chi connectivity index (χ1v) is 10.9. The van der Waals surface area contributed by atoms with Crippen molar-refractivity contribution in [3.63, 3.8) is 0 Å². The number of hydrogen-bond acceptors (Lipinski definition) is 5. The molecule has 0 saturated carbocycles. The molecule has 1 atom stereocenters. The van der Waals surface area contributed by atoms with Crippen molar-refractivity contribution in [3.8, 4) is 0 Å². The zero-order chi connectivity index (χ0) is 23.7. The van der Waals surface area contributed by atoms with Gasteiger partial charge < -0.3 is 16.0 Å². The zero-order valence-electron chi connectivity index (χ0n) is 18.5. The van der Waals surface area contributed by atoms with Crippen LogP contribution in [0.5, 0.6) is 0 Å². The minimum atomic E-state index is -0.489. The Bertz CT molecular complexity index is 1390. The number of hydrogen-bond donors (Lipinski definition) is 4. The van der Waals surface area contributed by atoms with Gasteiger partial charge in [0.1, 0.15) is 5.69 Å². The summed E-state index contributed by atoms with van der Waals surface area (Å²) in [7, 11) is 0. The highest BCUT2D eigenvalue weighted by Gasteiger charge is 2.24. The van der Waals surface area contributed by atoms with Gasteiger partial charge in [0, 0.05) is 24.5 Å². The predicted molar refractivity (Wildman–Crippen MR) is 124 cm³/mol. The van der Waals surface area contributed by atoms with E-state index in [-0.39, 0.29) is 24.1 Å². The van der Waals surface area contributed by atoms with Crippen LogP contribution in [-0.2, 0) is 6.54 Å². The van der Waals surface area contributed by atoms with E-state index in [2.05, 4.69) is 31.2 Å². The Morgan fingerprint density at radius 2 is 1.97 bits per heavy atom. The van der Waals surface area contributed by atoms with Crippen LogP contribution in [-0.4, -0.2) is 50.8 Å². The molecule has 1 aliphatic heterocycles.